The van der Waals surface area contributed by atoms with Gasteiger partial charge in [0.05, 0.1) is 18.9 Å². The molecular weight excluding hydrogens is 228 g/mol. The number of nitrogens with two attached hydrogens (primary N) is 1. The first-order valence-corrected chi connectivity index (χ1v) is 5.85. The largest absolute Gasteiger partial charge is 0.465 e. The van der Waals surface area contributed by atoms with E-state index in [-0.39, 0.29) is 12.1 Å². The van der Waals surface area contributed by atoms with Crippen LogP contribution in [-0.2, 0) is 9.47 Å². The van der Waals surface area contributed by atoms with Crippen LogP contribution < -0.4 is 11.1 Å². The number of ether oxygens (including phenoxy) is 2. The molecule has 0 radical (unpaired) electrons. The summed E-state index contributed by atoms with van der Waals surface area (Å²) in [5.74, 6) is -0.357. The van der Waals surface area contributed by atoms with Crippen molar-refractivity contribution in [3.63, 3.8) is 0 Å². The molecule has 2 heterocycles. The SMILES string of the molecule is COC(=O)c1cc(NC[C@@H]2CCO2)c(N)s1. The molecule has 1 atom stereocenters. The van der Waals surface area contributed by atoms with Crippen LogP contribution in [-0.4, -0.2) is 32.3 Å². The van der Waals surface area contributed by atoms with Gasteiger partial charge in [-0.05, 0) is 12.5 Å². The molecule has 0 bridgehead atoms. The molecule has 1 aliphatic heterocycles. The van der Waals surface area contributed by atoms with Crippen LogP contribution in [0.15, 0.2) is 6.07 Å². The second-order valence-corrected chi connectivity index (χ2v) is 4.63. The van der Waals surface area contributed by atoms with E-state index in [4.69, 9.17) is 10.5 Å². The molecule has 2 rings (SSSR count). The molecule has 5 nitrogen and oxygen atoms in total. The number of hydrogen-bond acceptors (Lipinski definition) is 6. The summed E-state index contributed by atoms with van der Waals surface area (Å²) in [5, 5.41) is 3.76. The maximum Gasteiger partial charge on any atom is 0.348 e. The number of hydrogen-bond donors (Lipinski definition) is 2. The molecule has 0 aliphatic carbocycles. The van der Waals surface area contributed by atoms with E-state index in [2.05, 4.69) is 10.1 Å². The number of thiophene rings is 1. The van der Waals surface area contributed by atoms with Crippen LogP contribution in [0.25, 0.3) is 0 Å². The monoisotopic (exact) mass is 242 g/mol. The fourth-order valence-electron chi connectivity index (χ4n) is 1.41. The van der Waals surface area contributed by atoms with Crippen LogP contribution in [0.4, 0.5) is 10.7 Å². The molecule has 1 fully saturated rings. The van der Waals surface area contributed by atoms with E-state index in [1.165, 1.54) is 18.4 Å². The first-order chi connectivity index (χ1) is 7.70. The van der Waals surface area contributed by atoms with Crippen LogP contribution in [0.3, 0.4) is 0 Å². The molecular formula is C10H14N2O3S. The third kappa shape index (κ3) is 2.28. The Kier molecular flexibility index (Phi) is 3.31. The second-order valence-electron chi connectivity index (χ2n) is 3.54. The number of nitrogen functional groups attached to an aromatic ring is 1. The number of carbonyl (C=O) groups is 1. The van der Waals surface area contributed by atoms with E-state index >= 15 is 0 Å². The number of esters is 1. The molecule has 3 N–H and O–H groups in total. The van der Waals surface area contributed by atoms with E-state index < -0.39 is 0 Å². The lowest BCUT2D eigenvalue weighted by atomic mass is 10.2. The Bertz CT molecular complexity index is 387. The highest BCUT2D eigenvalue weighted by atomic mass is 32.1. The van der Waals surface area contributed by atoms with Gasteiger partial charge in [0.25, 0.3) is 0 Å². The van der Waals surface area contributed by atoms with Crippen molar-refractivity contribution in [2.75, 3.05) is 31.3 Å². The topological polar surface area (TPSA) is 73.6 Å². The van der Waals surface area contributed by atoms with Crippen LogP contribution in [0.5, 0.6) is 0 Å². The third-order valence-corrected chi connectivity index (χ3v) is 3.41. The molecule has 0 unspecified atom stereocenters. The maximum absolute atomic E-state index is 11.3. The highest BCUT2D eigenvalue weighted by molar-refractivity contribution is 7.18. The summed E-state index contributed by atoms with van der Waals surface area (Å²) in [7, 11) is 1.35. The van der Waals surface area contributed by atoms with Gasteiger partial charge in [-0.3, -0.25) is 0 Å². The number of rotatable bonds is 4. The molecule has 1 aromatic rings. The van der Waals surface area contributed by atoms with E-state index in [9.17, 15) is 4.79 Å². The first-order valence-electron chi connectivity index (χ1n) is 5.04. The molecule has 0 aromatic carbocycles. The first kappa shape index (κ1) is 11.2. The quantitative estimate of drug-likeness (QED) is 0.779. The summed E-state index contributed by atoms with van der Waals surface area (Å²) >= 11 is 1.22. The Morgan fingerprint density at radius 1 is 1.81 bits per heavy atom. The lowest BCUT2D eigenvalue weighted by molar-refractivity contribution is -0.0410. The summed E-state index contributed by atoms with van der Waals surface area (Å²) in [4.78, 5) is 11.8. The average molecular weight is 242 g/mol. The molecule has 16 heavy (non-hydrogen) atoms. The van der Waals surface area contributed by atoms with Crippen molar-refractivity contribution in [2.45, 2.75) is 12.5 Å². The zero-order valence-electron chi connectivity index (χ0n) is 8.99. The Balaban J connectivity index is 1.97. The van der Waals surface area contributed by atoms with Gasteiger partial charge in [0.1, 0.15) is 9.88 Å². The Morgan fingerprint density at radius 2 is 2.56 bits per heavy atom. The molecule has 6 heteroatoms. The van der Waals surface area contributed by atoms with Crippen molar-refractivity contribution in [3.05, 3.63) is 10.9 Å². The van der Waals surface area contributed by atoms with Crippen LogP contribution in [0, 0.1) is 0 Å². The molecule has 0 spiro atoms. The predicted molar refractivity (Wildman–Crippen MR) is 62.9 cm³/mol. The molecule has 1 saturated heterocycles. The van der Waals surface area contributed by atoms with Crippen LogP contribution >= 0.6 is 11.3 Å². The zero-order valence-corrected chi connectivity index (χ0v) is 9.80. The minimum absolute atomic E-state index is 0.265. The fraction of sp³-hybridized carbons (Fsp3) is 0.500. The lowest BCUT2D eigenvalue weighted by Gasteiger charge is -2.26. The molecule has 0 amide bonds. The van der Waals surface area contributed by atoms with Gasteiger partial charge in [-0.15, -0.1) is 11.3 Å². The molecule has 1 aromatic heterocycles. The third-order valence-electron chi connectivity index (χ3n) is 2.46. The van der Waals surface area contributed by atoms with Gasteiger partial charge in [0.15, 0.2) is 0 Å². The van der Waals surface area contributed by atoms with E-state index in [1.54, 1.807) is 6.07 Å². The zero-order chi connectivity index (χ0) is 11.5. The van der Waals surface area contributed by atoms with Crippen molar-refractivity contribution in [1.29, 1.82) is 0 Å². The van der Waals surface area contributed by atoms with Gasteiger partial charge < -0.3 is 20.5 Å². The number of methoxy groups -OCH3 is 1. The fourth-order valence-corrected chi connectivity index (χ4v) is 2.24. The second kappa shape index (κ2) is 4.71. The van der Waals surface area contributed by atoms with E-state index in [1.807, 2.05) is 0 Å². The van der Waals surface area contributed by atoms with Crippen LogP contribution in [0.2, 0.25) is 0 Å². The summed E-state index contributed by atoms with van der Waals surface area (Å²) < 4.78 is 9.90. The lowest BCUT2D eigenvalue weighted by Crippen LogP contribution is -2.33. The average Bonchev–Trinajstić information content (AvgIpc) is 2.57. The summed E-state index contributed by atoms with van der Waals surface area (Å²) in [6, 6.07) is 1.71. The van der Waals surface area contributed by atoms with Crippen molar-refractivity contribution in [3.8, 4) is 0 Å². The summed E-state index contributed by atoms with van der Waals surface area (Å²) in [5.41, 5.74) is 6.57. The Hall–Kier alpha value is -1.27. The Morgan fingerprint density at radius 3 is 3.12 bits per heavy atom. The minimum atomic E-state index is -0.357. The van der Waals surface area contributed by atoms with Crippen molar-refractivity contribution >= 4 is 28.0 Å². The van der Waals surface area contributed by atoms with Gasteiger partial charge in [0, 0.05) is 13.2 Å². The van der Waals surface area contributed by atoms with E-state index in [0.29, 0.717) is 9.88 Å². The Labute approximate surface area is 97.5 Å². The van der Waals surface area contributed by atoms with Crippen LogP contribution in [0.1, 0.15) is 16.1 Å². The smallest absolute Gasteiger partial charge is 0.348 e. The molecule has 1 aliphatic rings. The van der Waals surface area contributed by atoms with Crippen molar-refractivity contribution < 1.29 is 14.3 Å². The van der Waals surface area contributed by atoms with Gasteiger partial charge in [-0.2, -0.15) is 0 Å². The highest BCUT2D eigenvalue weighted by Gasteiger charge is 2.19. The summed E-state index contributed by atoms with van der Waals surface area (Å²) in [6.07, 6.45) is 1.34. The van der Waals surface area contributed by atoms with Crippen molar-refractivity contribution in [1.82, 2.24) is 0 Å². The van der Waals surface area contributed by atoms with Gasteiger partial charge in [0.2, 0.25) is 0 Å². The standard InChI is InChI=1S/C10H14N2O3S/c1-14-10(13)8-4-7(9(11)16-8)12-5-6-2-3-15-6/h4,6,12H,2-3,5,11H2,1H3/t6-/m0/s1. The normalized spacial score (nSPS) is 18.9. The number of nitrogens with one attached hydrogen (secondary N) is 1. The number of anilines is 2. The predicted octanol–water partition coefficient (Wildman–Crippen LogP) is 1.32. The van der Waals surface area contributed by atoms with Gasteiger partial charge in [-0.25, -0.2) is 4.79 Å². The minimum Gasteiger partial charge on any atom is -0.465 e. The molecule has 0 saturated carbocycles. The molecule has 88 valence electrons. The van der Waals surface area contributed by atoms with E-state index in [0.717, 1.165) is 25.3 Å². The van der Waals surface area contributed by atoms with Gasteiger partial charge in [-0.1, -0.05) is 0 Å². The van der Waals surface area contributed by atoms with Crippen molar-refractivity contribution in [2.24, 2.45) is 0 Å². The maximum atomic E-state index is 11.3. The summed E-state index contributed by atoms with van der Waals surface area (Å²) in [6.45, 7) is 1.56. The highest BCUT2D eigenvalue weighted by Crippen LogP contribution is 2.30. The number of carbonyl (C=O) groups excluding carboxylic acids is 1. The van der Waals surface area contributed by atoms with Gasteiger partial charge >= 0.3 is 5.97 Å².